The van der Waals surface area contributed by atoms with Gasteiger partial charge in [-0.15, -0.1) is 0 Å². The van der Waals surface area contributed by atoms with E-state index in [4.69, 9.17) is 14.9 Å². The summed E-state index contributed by atoms with van der Waals surface area (Å²) in [6, 6.07) is -1.38. The Kier molecular flexibility index (Phi) is 49.6. The second-order valence-electron chi connectivity index (χ2n) is 19.4. The number of amides is 2. The number of unbranched alkanes of at least 4 members (excludes halogenated alkanes) is 34. The number of aliphatic hydroxyl groups excluding tert-OH is 1. The van der Waals surface area contributed by atoms with Crippen LogP contribution in [0.1, 0.15) is 290 Å². The highest BCUT2D eigenvalue weighted by Crippen LogP contribution is 2.20. The number of hydrogen-bond donors (Lipinski definition) is 4. The molecule has 0 rings (SSSR count). The average molecular weight is 931 g/mol. The van der Waals surface area contributed by atoms with Crippen LogP contribution in [0.25, 0.3) is 0 Å². The third-order valence-corrected chi connectivity index (χ3v) is 13.0. The van der Waals surface area contributed by atoms with Crippen molar-refractivity contribution in [2.24, 2.45) is 0 Å². The van der Waals surface area contributed by atoms with E-state index in [9.17, 15) is 19.2 Å². The van der Waals surface area contributed by atoms with E-state index in [-0.39, 0.29) is 24.5 Å². The van der Waals surface area contributed by atoms with Crippen LogP contribution < -0.4 is 10.6 Å². The first-order chi connectivity index (χ1) is 32.3. The standard InChI is InChI=1S/C57H106N2O7/c1-3-5-7-9-11-13-15-17-19-20-21-22-23-24-25-26-28-30-32-34-36-41-45-49-56(63)66-52(46-42-38-35-33-31-29-27-18-16-14-12-10-8-6-4-2)47-43-39-37-40-44-48-54(61)58-50-55(62)59-53(51-60)57(64)65/h15,17,20-21,52-53,60H,3-14,16,18-19,22-51H2,1-2H3,(H,58,61)(H,59,62)(H,64,65)/b17-15-,21-20-. The van der Waals surface area contributed by atoms with Gasteiger partial charge in [-0.1, -0.05) is 231 Å². The van der Waals surface area contributed by atoms with E-state index < -0.39 is 24.5 Å². The summed E-state index contributed by atoms with van der Waals surface area (Å²) < 4.78 is 6.09. The van der Waals surface area contributed by atoms with Gasteiger partial charge in [0.2, 0.25) is 11.8 Å². The van der Waals surface area contributed by atoms with Crippen LogP contribution in [-0.4, -0.2) is 59.3 Å². The summed E-state index contributed by atoms with van der Waals surface area (Å²) in [5.74, 6) is -2.27. The maximum absolute atomic E-state index is 12.9. The van der Waals surface area contributed by atoms with Crippen molar-refractivity contribution in [3.05, 3.63) is 24.3 Å². The first-order valence-electron chi connectivity index (χ1n) is 28.2. The van der Waals surface area contributed by atoms with Crippen LogP contribution in [0.2, 0.25) is 0 Å². The second kappa shape index (κ2) is 51.7. The fraction of sp³-hybridized carbons (Fsp3) is 0.860. The van der Waals surface area contributed by atoms with Gasteiger partial charge in [0.05, 0.1) is 13.2 Å². The number of carboxylic acid groups (broad SMARTS) is 1. The highest BCUT2D eigenvalue weighted by molar-refractivity contribution is 5.87. The van der Waals surface area contributed by atoms with Crippen molar-refractivity contribution in [1.82, 2.24) is 10.6 Å². The Balaban J connectivity index is 4.22. The lowest BCUT2D eigenvalue weighted by atomic mass is 10.0. The van der Waals surface area contributed by atoms with Crippen molar-refractivity contribution < 1.29 is 34.1 Å². The summed E-state index contributed by atoms with van der Waals surface area (Å²) >= 11 is 0. The zero-order valence-corrected chi connectivity index (χ0v) is 43.2. The number of rotatable bonds is 52. The topological polar surface area (TPSA) is 142 Å². The lowest BCUT2D eigenvalue weighted by Gasteiger charge is -2.18. The molecular weight excluding hydrogens is 825 g/mol. The van der Waals surface area contributed by atoms with Crippen molar-refractivity contribution in [2.75, 3.05) is 13.2 Å². The first kappa shape index (κ1) is 63.3. The number of allylic oxidation sites excluding steroid dienone is 4. The van der Waals surface area contributed by atoms with Gasteiger partial charge in [0.25, 0.3) is 0 Å². The molecule has 0 aromatic heterocycles. The summed E-state index contributed by atoms with van der Waals surface area (Å²) in [4.78, 5) is 47.9. The third kappa shape index (κ3) is 47.8. The molecule has 0 fully saturated rings. The van der Waals surface area contributed by atoms with E-state index in [1.165, 1.54) is 193 Å². The van der Waals surface area contributed by atoms with E-state index >= 15 is 0 Å². The van der Waals surface area contributed by atoms with Crippen LogP contribution in [0.5, 0.6) is 0 Å². The van der Waals surface area contributed by atoms with E-state index in [0.717, 1.165) is 64.2 Å². The largest absolute Gasteiger partial charge is 0.480 e. The lowest BCUT2D eigenvalue weighted by Crippen LogP contribution is -2.47. The molecule has 0 aliphatic heterocycles. The first-order valence-corrected chi connectivity index (χ1v) is 28.2. The Hall–Kier alpha value is -2.68. The van der Waals surface area contributed by atoms with Crippen LogP contribution in [0.3, 0.4) is 0 Å². The molecule has 9 nitrogen and oxygen atoms in total. The molecule has 386 valence electrons. The quantitative estimate of drug-likeness (QED) is 0.0270. The highest BCUT2D eigenvalue weighted by atomic mass is 16.5. The minimum atomic E-state index is -1.38. The van der Waals surface area contributed by atoms with Crippen molar-refractivity contribution in [3.63, 3.8) is 0 Å². The lowest BCUT2D eigenvalue weighted by molar-refractivity contribution is -0.150. The maximum atomic E-state index is 12.9. The minimum absolute atomic E-state index is 0.0126. The fourth-order valence-corrected chi connectivity index (χ4v) is 8.63. The van der Waals surface area contributed by atoms with Crippen LogP contribution in [-0.2, 0) is 23.9 Å². The average Bonchev–Trinajstić information content (AvgIpc) is 3.30. The van der Waals surface area contributed by atoms with Gasteiger partial charge in [-0.25, -0.2) is 4.79 Å². The maximum Gasteiger partial charge on any atom is 0.328 e. The Labute approximate surface area is 406 Å². The number of carbonyl (C=O) groups excluding carboxylic acids is 3. The van der Waals surface area contributed by atoms with E-state index in [0.29, 0.717) is 19.3 Å². The summed E-state index contributed by atoms with van der Waals surface area (Å²) in [6.45, 7) is 3.52. The predicted molar refractivity (Wildman–Crippen MR) is 278 cm³/mol. The van der Waals surface area contributed by atoms with Crippen LogP contribution in [0, 0.1) is 0 Å². The van der Waals surface area contributed by atoms with Gasteiger partial charge in [-0.3, -0.25) is 14.4 Å². The highest BCUT2D eigenvalue weighted by Gasteiger charge is 2.19. The van der Waals surface area contributed by atoms with E-state index in [1.54, 1.807) is 0 Å². The number of hydrogen-bond acceptors (Lipinski definition) is 6. The molecule has 0 saturated heterocycles. The molecule has 0 radical (unpaired) electrons. The van der Waals surface area contributed by atoms with Gasteiger partial charge < -0.3 is 25.6 Å². The number of carbonyl (C=O) groups is 4. The molecule has 0 heterocycles. The molecule has 0 spiro atoms. The number of carboxylic acids is 1. The summed E-state index contributed by atoms with van der Waals surface area (Å²) in [7, 11) is 0. The minimum Gasteiger partial charge on any atom is -0.480 e. The number of esters is 1. The zero-order valence-electron chi connectivity index (χ0n) is 43.2. The summed E-state index contributed by atoms with van der Waals surface area (Å²) in [5.41, 5.74) is 0. The molecule has 4 N–H and O–H groups in total. The molecule has 9 heteroatoms. The number of ether oxygens (including phenoxy) is 1. The Morgan fingerprint density at radius 1 is 0.455 bits per heavy atom. The molecule has 0 aromatic rings. The van der Waals surface area contributed by atoms with Crippen LogP contribution in [0.15, 0.2) is 24.3 Å². The summed E-state index contributed by atoms with van der Waals surface area (Å²) in [5, 5.41) is 22.7. The summed E-state index contributed by atoms with van der Waals surface area (Å²) in [6.07, 6.45) is 60.8. The van der Waals surface area contributed by atoms with Crippen molar-refractivity contribution in [1.29, 1.82) is 0 Å². The van der Waals surface area contributed by atoms with Gasteiger partial charge in [-0.2, -0.15) is 0 Å². The molecule has 0 aliphatic carbocycles. The number of nitrogens with one attached hydrogen (secondary N) is 2. The second-order valence-corrected chi connectivity index (χ2v) is 19.4. The van der Waals surface area contributed by atoms with Crippen molar-refractivity contribution in [2.45, 2.75) is 302 Å². The number of aliphatic carboxylic acids is 1. The monoisotopic (exact) mass is 931 g/mol. The normalized spacial score (nSPS) is 12.5. The molecule has 2 atom stereocenters. The van der Waals surface area contributed by atoms with Gasteiger partial charge in [-0.05, 0) is 70.6 Å². The van der Waals surface area contributed by atoms with Gasteiger partial charge in [0.15, 0.2) is 0 Å². The van der Waals surface area contributed by atoms with Crippen LogP contribution >= 0.6 is 0 Å². The van der Waals surface area contributed by atoms with Crippen LogP contribution in [0.4, 0.5) is 0 Å². The molecule has 0 aliphatic rings. The van der Waals surface area contributed by atoms with E-state index in [1.807, 2.05) is 0 Å². The third-order valence-electron chi connectivity index (χ3n) is 13.0. The zero-order chi connectivity index (χ0) is 48.2. The molecule has 0 saturated carbocycles. The fourth-order valence-electron chi connectivity index (χ4n) is 8.63. The molecule has 2 unspecified atom stereocenters. The smallest absolute Gasteiger partial charge is 0.328 e. The van der Waals surface area contributed by atoms with Gasteiger partial charge >= 0.3 is 11.9 Å². The molecule has 66 heavy (non-hydrogen) atoms. The van der Waals surface area contributed by atoms with Gasteiger partial charge in [0.1, 0.15) is 12.1 Å². The molecule has 2 amide bonds. The molecule has 0 aromatic carbocycles. The van der Waals surface area contributed by atoms with Crippen molar-refractivity contribution in [3.8, 4) is 0 Å². The predicted octanol–water partition coefficient (Wildman–Crippen LogP) is 15.5. The van der Waals surface area contributed by atoms with E-state index in [2.05, 4.69) is 48.8 Å². The SMILES string of the molecule is CCCCCCC/C=C\C/C=C\CCCCCCCCCCCCCC(=O)OC(CCCCCCCCCCCCCCCCC)CCCCCCCC(=O)NCC(=O)NC(CO)C(=O)O. The Bertz CT molecular complexity index is 1160. The number of aliphatic hydroxyl groups is 1. The van der Waals surface area contributed by atoms with Crippen molar-refractivity contribution >= 4 is 23.8 Å². The van der Waals surface area contributed by atoms with Gasteiger partial charge in [0, 0.05) is 12.8 Å². The molecular formula is C57H106N2O7. The Morgan fingerprint density at radius 2 is 0.818 bits per heavy atom. The Morgan fingerprint density at radius 3 is 1.21 bits per heavy atom. The molecule has 0 bridgehead atoms.